The Balaban J connectivity index is 0.000000219. The van der Waals surface area contributed by atoms with Crippen molar-refractivity contribution in [2.45, 2.75) is 86.7 Å². The van der Waals surface area contributed by atoms with E-state index in [9.17, 15) is 0 Å². The first-order chi connectivity index (χ1) is 22.2. The van der Waals surface area contributed by atoms with Crippen molar-refractivity contribution in [3.8, 4) is 22.3 Å². The molecule has 6 aromatic carbocycles. The zero-order valence-corrected chi connectivity index (χ0v) is 35.0. The molecule has 0 aromatic heterocycles. The summed E-state index contributed by atoms with van der Waals surface area (Å²) in [5.74, 6) is 0.578. The van der Waals surface area contributed by atoms with Crippen molar-refractivity contribution in [1.29, 1.82) is 0 Å². The molecule has 0 amide bonds. The van der Waals surface area contributed by atoms with Crippen LogP contribution in [0.2, 0.25) is 13.1 Å². The van der Waals surface area contributed by atoms with Gasteiger partial charge in [-0.2, -0.15) is 12.1 Å². The van der Waals surface area contributed by atoms with Crippen LogP contribution >= 0.6 is 17.0 Å². The van der Waals surface area contributed by atoms with E-state index in [-0.39, 0.29) is 5.41 Å². The van der Waals surface area contributed by atoms with Gasteiger partial charge in [-0.3, -0.25) is 0 Å². The fourth-order valence-corrected chi connectivity index (χ4v) is 5.96. The van der Waals surface area contributed by atoms with Gasteiger partial charge in [0.1, 0.15) is 0 Å². The zero-order chi connectivity index (χ0) is 34.9. The van der Waals surface area contributed by atoms with Gasteiger partial charge in [0, 0.05) is 9.52 Å². The average Bonchev–Trinajstić information content (AvgIpc) is 3.62. The first-order valence-corrected chi connectivity index (χ1v) is 24.7. The Hall–Kier alpha value is -2.22. The monoisotopic (exact) mass is 754 g/mol. The summed E-state index contributed by atoms with van der Waals surface area (Å²) in [6.45, 7) is 24.3. The van der Waals surface area contributed by atoms with E-state index in [1.54, 1.807) is 0 Å². The molecule has 6 aromatic rings. The number of hydrogen-bond donors (Lipinski definition) is 0. The average molecular weight is 757 g/mol. The van der Waals surface area contributed by atoms with Gasteiger partial charge in [0.15, 0.2) is 0 Å². The molecule has 0 aliphatic carbocycles. The van der Waals surface area contributed by atoms with Gasteiger partial charge in [-0.05, 0) is 41.9 Å². The van der Waals surface area contributed by atoms with Crippen LogP contribution < -0.4 is 0 Å². The van der Waals surface area contributed by atoms with E-state index in [1.807, 2.05) is 0 Å². The Morgan fingerprint density at radius 3 is 1.81 bits per heavy atom. The van der Waals surface area contributed by atoms with Crippen LogP contribution in [0.4, 0.5) is 0 Å². The molecule has 0 atom stereocenters. The molecular weight excluding hydrogens is 707 g/mol. The second kappa shape index (κ2) is 18.0. The van der Waals surface area contributed by atoms with Crippen LogP contribution in [0, 0.1) is 27.7 Å². The summed E-state index contributed by atoms with van der Waals surface area (Å²) in [6, 6.07) is 36.2. The van der Waals surface area contributed by atoms with Crippen molar-refractivity contribution in [1.82, 2.24) is 0 Å². The molecule has 0 fully saturated rings. The molecule has 0 spiro atoms. The van der Waals surface area contributed by atoms with Gasteiger partial charge in [0.25, 0.3) is 0 Å². The molecule has 0 saturated carbocycles. The van der Waals surface area contributed by atoms with E-state index >= 15 is 0 Å². The van der Waals surface area contributed by atoms with E-state index in [0.717, 1.165) is 9.52 Å². The molecule has 0 bridgehead atoms. The standard InChI is InChI=1S/C21H23.C20H21.C2H6Si.2ClH.Zr/c1-14-12-19-15(2)6-11-18(20(19)13-14)16-7-9-17(10-8-16)21(3,4)5;1-13(2)17-11-16-6-5-7-19(20(16)12-17)18-9-14(3)8-15(4)10-18;1-3-2;;;/h6-13H,1-5H3;5-13H,1-4H3;1-2H3;2*1H;/q2*-1;;;;+4/p-2. The topological polar surface area (TPSA) is 0 Å². The number of hydrogen-bond acceptors (Lipinski definition) is 0. The molecule has 4 heteroatoms. The summed E-state index contributed by atoms with van der Waals surface area (Å²) < 4.78 is 0. The number of fused-ring (bicyclic) bond motifs is 2. The Labute approximate surface area is 306 Å². The third kappa shape index (κ3) is 10.6. The summed E-state index contributed by atoms with van der Waals surface area (Å²) in [5.41, 5.74) is 13.7. The van der Waals surface area contributed by atoms with Crippen LogP contribution in [0.25, 0.3) is 43.8 Å². The summed E-state index contributed by atoms with van der Waals surface area (Å²) in [7, 11) is 11.0. The Bertz CT molecular complexity index is 1840. The molecule has 0 nitrogen and oxygen atoms in total. The van der Waals surface area contributed by atoms with Crippen LogP contribution in [0.5, 0.6) is 0 Å². The van der Waals surface area contributed by atoms with Gasteiger partial charge < -0.3 is 0 Å². The minimum absolute atomic E-state index is 0.206. The van der Waals surface area contributed by atoms with Crippen molar-refractivity contribution >= 4 is 48.1 Å². The number of aryl methyl sites for hydroxylation is 4. The Morgan fingerprint density at radius 1 is 0.681 bits per heavy atom. The van der Waals surface area contributed by atoms with Crippen LogP contribution in [-0.4, -0.2) is 9.52 Å². The molecule has 0 aliphatic rings. The van der Waals surface area contributed by atoms with Crippen molar-refractivity contribution in [3.63, 3.8) is 0 Å². The molecule has 2 radical (unpaired) electrons. The van der Waals surface area contributed by atoms with Gasteiger partial charge in [-0.1, -0.05) is 138 Å². The van der Waals surface area contributed by atoms with E-state index in [4.69, 9.17) is 17.0 Å². The van der Waals surface area contributed by atoms with E-state index < -0.39 is 20.8 Å². The molecule has 6 rings (SSSR count). The molecule has 0 N–H and O–H groups in total. The second-order valence-electron chi connectivity index (χ2n) is 13.8. The first kappa shape index (κ1) is 39.2. The van der Waals surface area contributed by atoms with Crippen LogP contribution in [0.15, 0.2) is 97.1 Å². The maximum absolute atomic E-state index is 4.93. The van der Waals surface area contributed by atoms with Crippen molar-refractivity contribution in [2.75, 3.05) is 0 Å². The SMILES string of the molecule is C[Si]C.Cc1cc(C)cc(-c2cccc3[cH-]c(C(C)C)cc23)c1.Cc1cc2c(-c3ccc(C(C)(C)C)cc3)ccc(C)c2[cH-]1.[Cl][Zr+2][Cl]. The Morgan fingerprint density at radius 2 is 1.26 bits per heavy atom. The molecule has 0 saturated heterocycles. The molecule has 0 heterocycles. The van der Waals surface area contributed by atoms with Gasteiger partial charge in [0.05, 0.1) is 0 Å². The molecule has 244 valence electrons. The van der Waals surface area contributed by atoms with Crippen LogP contribution in [-0.2, 0) is 26.3 Å². The zero-order valence-electron chi connectivity index (χ0n) is 30.1. The van der Waals surface area contributed by atoms with Crippen molar-refractivity contribution < 1.29 is 20.8 Å². The summed E-state index contributed by atoms with van der Waals surface area (Å²) in [6.07, 6.45) is 0. The maximum atomic E-state index is 4.93. The summed E-state index contributed by atoms with van der Waals surface area (Å²) in [4.78, 5) is 0. The van der Waals surface area contributed by atoms with Crippen molar-refractivity contribution in [3.05, 3.63) is 130 Å². The molecule has 0 unspecified atom stereocenters. The number of benzene rings is 4. The van der Waals surface area contributed by atoms with E-state index in [0.29, 0.717) is 5.92 Å². The van der Waals surface area contributed by atoms with E-state index in [1.165, 1.54) is 77.2 Å². The molecular formula is C43H50Cl2SiZr. The molecule has 47 heavy (non-hydrogen) atoms. The van der Waals surface area contributed by atoms with Crippen LogP contribution in [0.1, 0.15) is 73.9 Å². The third-order valence-corrected chi connectivity index (χ3v) is 8.28. The van der Waals surface area contributed by atoms with Gasteiger partial charge in [0.2, 0.25) is 0 Å². The first-order valence-electron chi connectivity index (χ1n) is 16.3. The van der Waals surface area contributed by atoms with Gasteiger partial charge in [-0.15, -0.1) is 68.6 Å². The second-order valence-corrected chi connectivity index (χ2v) is 18.5. The van der Waals surface area contributed by atoms with Gasteiger partial charge >= 0.3 is 37.9 Å². The molecule has 0 aliphatic heterocycles. The third-order valence-electron chi connectivity index (χ3n) is 8.28. The van der Waals surface area contributed by atoms with Crippen LogP contribution in [0.3, 0.4) is 0 Å². The fraction of sp³-hybridized carbons (Fsp3) is 0.302. The Kier molecular flexibility index (Phi) is 15.0. The van der Waals surface area contributed by atoms with Crippen molar-refractivity contribution in [2.24, 2.45) is 0 Å². The normalized spacial score (nSPS) is 10.9. The van der Waals surface area contributed by atoms with E-state index in [2.05, 4.69) is 172 Å². The quantitative estimate of drug-likeness (QED) is 0.125. The summed E-state index contributed by atoms with van der Waals surface area (Å²) >= 11 is -0.826. The minimum atomic E-state index is -0.826. The number of halogens is 2. The predicted octanol–water partition coefficient (Wildman–Crippen LogP) is 14.3. The van der Waals surface area contributed by atoms with Gasteiger partial charge in [-0.25, -0.2) is 0 Å². The fourth-order valence-electron chi connectivity index (χ4n) is 5.96. The predicted molar refractivity (Wildman–Crippen MR) is 211 cm³/mol. The summed E-state index contributed by atoms with van der Waals surface area (Å²) in [5, 5.41) is 5.48. The number of rotatable bonds is 3.